The van der Waals surface area contributed by atoms with Gasteiger partial charge in [0.25, 0.3) is 0 Å². The zero-order chi connectivity index (χ0) is 23.7. The number of nitrogens with one attached hydrogen (secondary N) is 2. The van der Waals surface area contributed by atoms with Crippen molar-refractivity contribution in [1.29, 1.82) is 0 Å². The quantitative estimate of drug-likeness (QED) is 0.342. The Morgan fingerprint density at radius 2 is 1.82 bits per heavy atom. The molecule has 2 N–H and O–H groups in total. The number of hydrogen-bond acceptors (Lipinski definition) is 6. The average Bonchev–Trinajstić information content (AvgIpc) is 3.29. The van der Waals surface area contributed by atoms with Crippen molar-refractivity contribution in [2.75, 3.05) is 10.6 Å². The molecule has 2 aromatic carbocycles. The molecule has 8 nitrogen and oxygen atoms in total. The normalized spacial score (nSPS) is 11.2. The molecule has 0 saturated heterocycles. The second kappa shape index (κ2) is 8.82. The summed E-state index contributed by atoms with van der Waals surface area (Å²) < 4.78 is 8.02. The molecule has 0 aliphatic rings. The average molecular weight is 453 g/mol. The summed E-state index contributed by atoms with van der Waals surface area (Å²) in [6.45, 7) is 5.71. The van der Waals surface area contributed by atoms with E-state index in [1.165, 1.54) is 6.33 Å². The van der Waals surface area contributed by atoms with Crippen LogP contribution in [0, 0.1) is 12.8 Å². The summed E-state index contributed by atoms with van der Waals surface area (Å²) >= 11 is 0. The van der Waals surface area contributed by atoms with E-state index in [4.69, 9.17) is 4.74 Å². The molecule has 8 heteroatoms. The highest BCUT2D eigenvalue weighted by molar-refractivity contribution is 5.97. The summed E-state index contributed by atoms with van der Waals surface area (Å²) in [5.41, 5.74) is 4.15. The number of imidazole rings is 1. The van der Waals surface area contributed by atoms with E-state index in [2.05, 4.69) is 25.6 Å². The van der Waals surface area contributed by atoms with Crippen LogP contribution in [0.3, 0.4) is 0 Å². The van der Waals surface area contributed by atoms with Gasteiger partial charge in [-0.05, 0) is 55.0 Å². The van der Waals surface area contributed by atoms with Gasteiger partial charge in [0, 0.05) is 47.3 Å². The van der Waals surface area contributed by atoms with Crippen LogP contribution in [0.5, 0.6) is 11.5 Å². The number of anilines is 3. The number of aromatic nitrogens is 4. The molecular formula is C26H24N6O2. The third-order valence-electron chi connectivity index (χ3n) is 5.46. The Morgan fingerprint density at radius 1 is 0.971 bits per heavy atom. The highest BCUT2D eigenvalue weighted by atomic mass is 16.5. The van der Waals surface area contributed by atoms with Gasteiger partial charge >= 0.3 is 0 Å². The number of nitrogens with zero attached hydrogens (tertiary/aromatic N) is 4. The summed E-state index contributed by atoms with van der Waals surface area (Å²) in [5, 5.41) is 7.11. The van der Waals surface area contributed by atoms with E-state index in [9.17, 15) is 4.79 Å². The van der Waals surface area contributed by atoms with Gasteiger partial charge in [-0.3, -0.25) is 4.79 Å². The van der Waals surface area contributed by atoms with Crippen molar-refractivity contribution in [2.24, 2.45) is 5.92 Å². The van der Waals surface area contributed by atoms with Gasteiger partial charge in [-0.15, -0.1) is 0 Å². The van der Waals surface area contributed by atoms with Crippen molar-refractivity contribution >= 4 is 39.6 Å². The lowest BCUT2D eigenvalue weighted by molar-refractivity contribution is -0.118. The third kappa shape index (κ3) is 4.38. The van der Waals surface area contributed by atoms with Crippen molar-refractivity contribution in [1.82, 2.24) is 19.4 Å². The largest absolute Gasteiger partial charge is 0.457 e. The number of carbonyl (C=O) groups is 1. The van der Waals surface area contributed by atoms with Crippen LogP contribution in [-0.4, -0.2) is 25.3 Å². The van der Waals surface area contributed by atoms with Gasteiger partial charge in [0.1, 0.15) is 29.3 Å². The number of aryl methyl sites for hydroxylation is 1. The maximum Gasteiger partial charge on any atom is 0.226 e. The van der Waals surface area contributed by atoms with Gasteiger partial charge in [-0.25, -0.2) is 15.0 Å². The summed E-state index contributed by atoms with van der Waals surface area (Å²) in [7, 11) is 0. The molecular weight excluding hydrogens is 428 g/mol. The van der Waals surface area contributed by atoms with E-state index in [0.29, 0.717) is 11.5 Å². The Kier molecular flexibility index (Phi) is 5.55. The Morgan fingerprint density at radius 3 is 2.65 bits per heavy atom. The molecule has 1 amide bonds. The third-order valence-corrected chi connectivity index (χ3v) is 5.46. The first-order valence-corrected chi connectivity index (χ1v) is 11.0. The molecule has 170 valence electrons. The van der Waals surface area contributed by atoms with E-state index in [0.717, 1.165) is 39.3 Å². The van der Waals surface area contributed by atoms with E-state index in [1.54, 1.807) is 6.20 Å². The molecule has 0 bridgehead atoms. The van der Waals surface area contributed by atoms with E-state index in [1.807, 2.05) is 86.1 Å². The van der Waals surface area contributed by atoms with Crippen LogP contribution in [-0.2, 0) is 4.79 Å². The van der Waals surface area contributed by atoms with Crippen LogP contribution in [0.25, 0.3) is 16.6 Å². The van der Waals surface area contributed by atoms with Crippen molar-refractivity contribution in [3.63, 3.8) is 0 Å². The standard InChI is InChI=1S/C26H24N6O2/c1-16(2)26(33)31-19-4-6-22-21(13-19)25(29-15-28-22)30-18-5-7-23(17(3)12-18)34-20-8-10-32-11-9-27-24(32)14-20/h4-16H,1-3H3,(H,31,33)(H,28,29,30). The smallest absolute Gasteiger partial charge is 0.226 e. The van der Waals surface area contributed by atoms with Crippen LogP contribution in [0.1, 0.15) is 19.4 Å². The highest BCUT2D eigenvalue weighted by Crippen LogP contribution is 2.31. The predicted molar refractivity (Wildman–Crippen MR) is 133 cm³/mol. The number of carbonyl (C=O) groups excluding carboxylic acids is 1. The van der Waals surface area contributed by atoms with Crippen LogP contribution >= 0.6 is 0 Å². The van der Waals surface area contributed by atoms with Gasteiger partial charge < -0.3 is 19.8 Å². The Bertz CT molecular complexity index is 1510. The molecule has 5 rings (SSSR count). The minimum atomic E-state index is -0.106. The SMILES string of the molecule is Cc1cc(Nc2ncnc3ccc(NC(=O)C(C)C)cc23)ccc1Oc1ccn2ccnc2c1. The molecule has 0 spiro atoms. The first kappa shape index (κ1) is 21.4. The Hall–Kier alpha value is -4.46. The first-order valence-electron chi connectivity index (χ1n) is 11.0. The van der Waals surface area contributed by atoms with Crippen molar-refractivity contribution in [3.8, 4) is 11.5 Å². The predicted octanol–water partition coefficient (Wildman–Crippen LogP) is 5.72. The summed E-state index contributed by atoms with van der Waals surface area (Å²) in [5.74, 6) is 1.99. The topological polar surface area (TPSA) is 93.4 Å². The zero-order valence-electron chi connectivity index (χ0n) is 19.1. The fraction of sp³-hybridized carbons (Fsp3) is 0.154. The number of benzene rings is 2. The molecule has 0 aliphatic carbocycles. The van der Waals surface area contributed by atoms with Crippen molar-refractivity contribution in [2.45, 2.75) is 20.8 Å². The molecule has 0 unspecified atom stereocenters. The fourth-order valence-electron chi connectivity index (χ4n) is 3.58. The molecule has 0 radical (unpaired) electrons. The fourth-order valence-corrected chi connectivity index (χ4v) is 3.58. The zero-order valence-corrected chi connectivity index (χ0v) is 19.1. The number of amides is 1. The first-order chi connectivity index (χ1) is 16.5. The van der Waals surface area contributed by atoms with Gasteiger partial charge in [0.05, 0.1) is 5.52 Å². The summed E-state index contributed by atoms with van der Waals surface area (Å²) in [6.07, 6.45) is 7.08. The summed E-state index contributed by atoms with van der Waals surface area (Å²) in [6, 6.07) is 15.3. The number of rotatable bonds is 6. The molecule has 0 saturated carbocycles. The number of hydrogen-bond donors (Lipinski definition) is 2. The second-order valence-corrected chi connectivity index (χ2v) is 8.36. The molecule has 0 aliphatic heterocycles. The lowest BCUT2D eigenvalue weighted by Crippen LogP contribution is -2.17. The minimum Gasteiger partial charge on any atom is -0.457 e. The van der Waals surface area contributed by atoms with Crippen LogP contribution in [0.15, 0.2) is 73.4 Å². The Balaban J connectivity index is 1.38. The molecule has 3 heterocycles. The Labute approximate surface area is 196 Å². The lowest BCUT2D eigenvalue weighted by Gasteiger charge is -2.13. The molecule has 0 fully saturated rings. The highest BCUT2D eigenvalue weighted by Gasteiger charge is 2.11. The minimum absolute atomic E-state index is 0.0381. The van der Waals surface area contributed by atoms with Crippen molar-refractivity contribution < 1.29 is 9.53 Å². The lowest BCUT2D eigenvalue weighted by atomic mass is 10.1. The van der Waals surface area contributed by atoms with Crippen molar-refractivity contribution in [3.05, 3.63) is 79.0 Å². The van der Waals surface area contributed by atoms with Gasteiger partial charge in [0.15, 0.2) is 0 Å². The molecule has 5 aromatic rings. The second-order valence-electron chi connectivity index (χ2n) is 8.36. The van der Waals surface area contributed by atoms with E-state index in [-0.39, 0.29) is 11.8 Å². The maximum atomic E-state index is 12.1. The van der Waals surface area contributed by atoms with Gasteiger partial charge in [-0.2, -0.15) is 0 Å². The molecule has 0 atom stereocenters. The van der Waals surface area contributed by atoms with E-state index >= 15 is 0 Å². The number of ether oxygens (including phenoxy) is 1. The van der Waals surface area contributed by atoms with Crippen LogP contribution in [0.4, 0.5) is 17.2 Å². The van der Waals surface area contributed by atoms with E-state index < -0.39 is 0 Å². The number of fused-ring (bicyclic) bond motifs is 2. The molecule has 34 heavy (non-hydrogen) atoms. The van der Waals surface area contributed by atoms with Gasteiger partial charge in [-0.1, -0.05) is 13.8 Å². The number of pyridine rings is 1. The van der Waals surface area contributed by atoms with Gasteiger partial charge in [0.2, 0.25) is 5.91 Å². The maximum absolute atomic E-state index is 12.1. The summed E-state index contributed by atoms with van der Waals surface area (Å²) in [4.78, 5) is 25.2. The molecule has 3 aromatic heterocycles. The van der Waals surface area contributed by atoms with Crippen LogP contribution < -0.4 is 15.4 Å². The van der Waals surface area contributed by atoms with Crippen LogP contribution in [0.2, 0.25) is 0 Å². The monoisotopic (exact) mass is 452 g/mol.